The first kappa shape index (κ1) is 49.1. The van der Waals surface area contributed by atoms with E-state index in [4.69, 9.17) is 61.3 Å². The third-order valence-electron chi connectivity index (χ3n) is 5.83. The average Bonchev–Trinajstić information content (AvgIpc) is 3.70. The normalized spacial score (nSPS) is 24.8. The Bertz CT molecular complexity index is 1140. The van der Waals surface area contributed by atoms with E-state index >= 15 is 0 Å². The summed E-state index contributed by atoms with van der Waals surface area (Å²) in [6.07, 6.45) is -11.5. The summed E-state index contributed by atoms with van der Waals surface area (Å²) in [5.74, 6) is -13.0. The van der Waals surface area contributed by atoms with Crippen molar-refractivity contribution in [3.05, 3.63) is 46.1 Å². The summed E-state index contributed by atoms with van der Waals surface area (Å²) in [4.78, 5) is 41.9. The van der Waals surface area contributed by atoms with Gasteiger partial charge >= 0.3 is 84.7 Å². The number of hydrogen-bond donors (Lipinski definition) is 12. The zero-order valence-corrected chi connectivity index (χ0v) is 28.7. The van der Waals surface area contributed by atoms with Gasteiger partial charge in [0, 0.05) is 23.0 Å². The van der Waals surface area contributed by atoms with Crippen LogP contribution in [0.5, 0.6) is 0 Å². The van der Waals surface area contributed by atoms with Gasteiger partial charge in [0.2, 0.25) is 0 Å². The van der Waals surface area contributed by atoms with Crippen LogP contribution >= 0.6 is 0 Å². The molecule has 4 heterocycles. The van der Waals surface area contributed by atoms with E-state index in [1.165, 1.54) is 0 Å². The van der Waals surface area contributed by atoms with Crippen LogP contribution in [0.25, 0.3) is 0 Å². The first-order valence-electron chi connectivity index (χ1n) is 12.7. The summed E-state index contributed by atoms with van der Waals surface area (Å²) in [5, 5.41) is 147. The van der Waals surface area contributed by atoms with E-state index in [0.29, 0.717) is 0 Å². The van der Waals surface area contributed by atoms with Gasteiger partial charge in [-0.2, -0.15) is 0 Å². The maximum atomic E-state index is 10.6. The van der Waals surface area contributed by atoms with Crippen molar-refractivity contribution in [3.63, 3.8) is 0 Å². The molecule has 0 fully saturated rings. The van der Waals surface area contributed by atoms with Gasteiger partial charge < -0.3 is 101 Å². The van der Waals surface area contributed by atoms with E-state index in [-0.39, 0.29) is 60.8 Å². The first-order chi connectivity index (χ1) is 22.3. The Labute approximate surface area is 324 Å². The number of ether oxygens (including phenoxy) is 4. The fourth-order valence-corrected chi connectivity index (χ4v) is 3.26. The van der Waals surface area contributed by atoms with Crippen LogP contribution in [0.2, 0.25) is 0 Å². The van der Waals surface area contributed by atoms with Crippen LogP contribution < -0.4 is 20.4 Å². The molecule has 0 saturated heterocycles. The van der Waals surface area contributed by atoms with Crippen LogP contribution in [0.15, 0.2) is 46.1 Å². The number of esters is 4. The maximum Gasteiger partial charge on any atom is 2.00 e. The number of carbonyl (C=O) groups excluding carboxylic acids is 4. The second-order valence-electron chi connectivity index (χ2n) is 9.16. The van der Waals surface area contributed by atoms with Gasteiger partial charge in [-0.25, -0.2) is 19.2 Å². The maximum absolute atomic E-state index is 10.6. The topological polar surface area (TPSA) is 440 Å². The van der Waals surface area contributed by atoms with Crippen LogP contribution in [-0.2, 0) is 38.1 Å². The van der Waals surface area contributed by atoms with Crippen molar-refractivity contribution in [1.82, 2.24) is 0 Å². The molecule has 0 amide bonds. The van der Waals surface area contributed by atoms with Gasteiger partial charge in [-0.3, -0.25) is 0 Å². The molecule has 0 aromatic rings. The standard InChI is InChI=1S/4C6H8O6.Ca.Mg/c4*7-1-2(8)5-3(9)4(10)6(11)12-5;;/h4*2,5,7-10H,1H2;;/q;;;;2*+2/p-4/t4*2-,5+;;/m0000../s1. The second kappa shape index (κ2) is 22.0. The SMILES string of the molecule is O=C1O[C@H]([C@@H](O)CO)C(O)=C1[O-].O=C1O[C@H]([C@@H](O)CO)C(O)=C1[O-].O=C1O[C@H]([C@@H](O)CO)C(O)=C1[O-].O=C1O[C@H]([C@@H](O)CO)C(O)=C1[O-].[Ca+2].[Mg+2]. The Morgan fingerprint density at radius 2 is 0.580 bits per heavy atom. The molecule has 50 heavy (non-hydrogen) atoms. The summed E-state index contributed by atoms with van der Waals surface area (Å²) in [5.41, 5.74) is 0. The van der Waals surface area contributed by atoms with Crippen molar-refractivity contribution in [3.8, 4) is 0 Å². The Balaban J connectivity index is 0. The number of carbonyl (C=O) groups is 4. The molecular formula is C24H28CaMgO24. The van der Waals surface area contributed by atoms with E-state index in [1.54, 1.807) is 0 Å². The molecule has 0 bridgehead atoms. The Kier molecular flexibility index (Phi) is 21.6. The molecule has 0 aliphatic carbocycles. The summed E-state index contributed by atoms with van der Waals surface area (Å²) < 4.78 is 17.0. The van der Waals surface area contributed by atoms with Crippen LogP contribution in [-0.4, -0.2) is 221 Å². The molecule has 0 spiro atoms. The smallest absolute Gasteiger partial charge is 0.865 e. The molecule has 272 valence electrons. The van der Waals surface area contributed by atoms with E-state index in [9.17, 15) is 39.6 Å². The van der Waals surface area contributed by atoms with Crippen molar-refractivity contribution in [1.29, 1.82) is 0 Å². The van der Waals surface area contributed by atoms with Gasteiger partial charge in [0.05, 0.1) is 26.4 Å². The number of aliphatic hydroxyl groups is 12. The van der Waals surface area contributed by atoms with Crippen molar-refractivity contribution in [2.75, 3.05) is 26.4 Å². The van der Waals surface area contributed by atoms with Crippen molar-refractivity contribution in [2.24, 2.45) is 0 Å². The fourth-order valence-electron chi connectivity index (χ4n) is 3.26. The molecular weight excluding hydrogens is 737 g/mol. The van der Waals surface area contributed by atoms with Gasteiger partial charge in [-0.05, 0) is 0 Å². The molecule has 0 unspecified atom stereocenters. The van der Waals surface area contributed by atoms with E-state index in [0.717, 1.165) is 0 Å². The molecule has 12 N–H and O–H groups in total. The third-order valence-corrected chi connectivity index (χ3v) is 5.83. The van der Waals surface area contributed by atoms with Crippen molar-refractivity contribution < 1.29 is 120 Å². The number of aliphatic hydroxyl groups excluding tert-OH is 12. The number of cyclic esters (lactones) is 4. The monoisotopic (exact) mass is 764 g/mol. The third kappa shape index (κ3) is 12.0. The quantitative estimate of drug-likeness (QED) is 0.0620. The van der Waals surface area contributed by atoms with Crippen LogP contribution in [0, 0.1) is 0 Å². The minimum Gasteiger partial charge on any atom is -0.865 e. The Hall–Kier alpha value is -3.05. The van der Waals surface area contributed by atoms with Crippen LogP contribution in [0.4, 0.5) is 0 Å². The summed E-state index contributed by atoms with van der Waals surface area (Å²) >= 11 is 0. The van der Waals surface area contributed by atoms with Crippen molar-refractivity contribution in [2.45, 2.75) is 48.8 Å². The summed E-state index contributed by atoms with van der Waals surface area (Å²) in [6.45, 7) is -2.80. The number of rotatable bonds is 8. The van der Waals surface area contributed by atoms with E-state index in [1.807, 2.05) is 0 Å². The zero-order chi connectivity index (χ0) is 37.2. The molecule has 0 radical (unpaired) electrons. The largest absolute Gasteiger partial charge is 2.00 e. The first-order valence-corrected chi connectivity index (χ1v) is 12.7. The molecule has 0 saturated carbocycles. The molecule has 4 rings (SSSR count). The van der Waals surface area contributed by atoms with E-state index in [2.05, 4.69) is 18.9 Å². The summed E-state index contributed by atoms with van der Waals surface area (Å²) in [7, 11) is 0. The molecule has 0 aromatic carbocycles. The second-order valence-corrected chi connectivity index (χ2v) is 9.16. The molecule has 26 heteroatoms. The molecule has 4 aliphatic rings. The van der Waals surface area contributed by atoms with Crippen molar-refractivity contribution >= 4 is 84.7 Å². The average molecular weight is 765 g/mol. The van der Waals surface area contributed by atoms with E-state index < -0.39 is 145 Å². The van der Waals surface area contributed by atoms with Gasteiger partial charge in [-0.1, -0.05) is 0 Å². The van der Waals surface area contributed by atoms with Gasteiger partial charge in [-0.15, -0.1) is 0 Å². The minimum atomic E-state index is -1.46. The predicted octanol–water partition coefficient (Wildman–Crippen LogP) is -11.2. The predicted molar refractivity (Wildman–Crippen MR) is 142 cm³/mol. The van der Waals surface area contributed by atoms with Crippen LogP contribution in [0.3, 0.4) is 0 Å². The molecule has 24 nitrogen and oxygen atoms in total. The van der Waals surface area contributed by atoms with Crippen LogP contribution in [0.1, 0.15) is 0 Å². The Morgan fingerprint density at radius 3 is 0.660 bits per heavy atom. The Morgan fingerprint density at radius 1 is 0.440 bits per heavy atom. The summed E-state index contributed by atoms with van der Waals surface area (Å²) in [6, 6.07) is 0. The minimum absolute atomic E-state index is 0. The van der Waals surface area contributed by atoms with Gasteiger partial charge in [0.1, 0.15) is 47.5 Å². The van der Waals surface area contributed by atoms with Gasteiger partial charge in [0.25, 0.3) is 0 Å². The molecule has 8 atom stereocenters. The molecule has 4 aliphatic heterocycles. The number of hydrogen-bond acceptors (Lipinski definition) is 24. The zero-order valence-electron chi connectivity index (χ0n) is 25.1. The molecule has 0 aromatic heterocycles. The van der Waals surface area contributed by atoms with Gasteiger partial charge in [0.15, 0.2) is 24.4 Å². The fraction of sp³-hybridized carbons (Fsp3) is 0.500.